The molecule has 4 aromatic rings. The molecular weight excluding hydrogens is 400 g/mol. The summed E-state index contributed by atoms with van der Waals surface area (Å²) in [7, 11) is 0. The number of aromatic amines is 1. The van der Waals surface area contributed by atoms with Crippen LogP contribution >= 0.6 is 0 Å². The van der Waals surface area contributed by atoms with Crippen LogP contribution in [0.3, 0.4) is 0 Å². The molecule has 2 aromatic heterocycles. The maximum atomic E-state index is 13.5. The van der Waals surface area contributed by atoms with Crippen LogP contribution in [0.1, 0.15) is 46.6 Å². The second kappa shape index (κ2) is 8.67. The lowest BCUT2D eigenvalue weighted by Gasteiger charge is -2.27. The van der Waals surface area contributed by atoms with Gasteiger partial charge in [-0.05, 0) is 41.8 Å². The molecule has 0 aliphatic carbocycles. The highest BCUT2D eigenvalue weighted by Crippen LogP contribution is 2.44. The molecule has 2 aromatic carbocycles. The van der Waals surface area contributed by atoms with E-state index in [9.17, 15) is 4.79 Å². The van der Waals surface area contributed by atoms with Gasteiger partial charge in [-0.1, -0.05) is 49.4 Å². The average Bonchev–Trinajstić information content (AvgIpc) is 3.38. The molecule has 5 rings (SSSR count). The Morgan fingerprint density at radius 3 is 2.62 bits per heavy atom. The van der Waals surface area contributed by atoms with Crippen molar-refractivity contribution < 1.29 is 9.53 Å². The molecule has 1 atom stereocenters. The molecule has 1 N–H and O–H groups in total. The SMILES string of the molecule is CCCOc1cccc(C2c3c(-c4ccccc4)n[nH]c3C(=O)N2Cc2ccncc2)c1. The third kappa shape index (κ3) is 3.64. The number of pyridine rings is 1. The highest BCUT2D eigenvalue weighted by Gasteiger charge is 2.42. The number of carbonyl (C=O) groups excluding carboxylic acids is 1. The van der Waals surface area contributed by atoms with Crippen LogP contribution in [0.2, 0.25) is 0 Å². The number of nitrogens with zero attached hydrogens (tertiary/aromatic N) is 3. The van der Waals surface area contributed by atoms with Crippen LogP contribution < -0.4 is 4.74 Å². The van der Waals surface area contributed by atoms with E-state index in [1.165, 1.54) is 0 Å². The first kappa shape index (κ1) is 20.0. The average molecular weight is 425 g/mol. The second-order valence-corrected chi connectivity index (χ2v) is 7.84. The number of fused-ring (bicyclic) bond motifs is 1. The Kier molecular flexibility index (Phi) is 5.42. The van der Waals surface area contributed by atoms with Crippen molar-refractivity contribution in [2.24, 2.45) is 0 Å². The topological polar surface area (TPSA) is 71.1 Å². The van der Waals surface area contributed by atoms with Crippen molar-refractivity contribution in [2.45, 2.75) is 25.9 Å². The molecule has 1 amide bonds. The minimum Gasteiger partial charge on any atom is -0.494 e. The summed E-state index contributed by atoms with van der Waals surface area (Å²) in [5.41, 5.74) is 5.25. The number of aromatic nitrogens is 3. The molecule has 0 saturated carbocycles. The van der Waals surface area contributed by atoms with E-state index in [2.05, 4.69) is 22.1 Å². The van der Waals surface area contributed by atoms with E-state index < -0.39 is 0 Å². The maximum Gasteiger partial charge on any atom is 0.273 e. The van der Waals surface area contributed by atoms with Gasteiger partial charge in [0.1, 0.15) is 11.4 Å². The molecule has 6 heteroatoms. The largest absolute Gasteiger partial charge is 0.494 e. The van der Waals surface area contributed by atoms with Gasteiger partial charge in [0.15, 0.2) is 0 Å². The molecule has 0 saturated heterocycles. The van der Waals surface area contributed by atoms with Gasteiger partial charge in [0.05, 0.1) is 18.3 Å². The molecule has 1 aliphatic heterocycles. The van der Waals surface area contributed by atoms with Gasteiger partial charge in [-0.3, -0.25) is 14.9 Å². The van der Waals surface area contributed by atoms with Crippen LogP contribution in [0.4, 0.5) is 0 Å². The molecular formula is C26H24N4O2. The van der Waals surface area contributed by atoms with Crippen molar-refractivity contribution in [1.82, 2.24) is 20.1 Å². The Balaban J connectivity index is 1.62. The minimum absolute atomic E-state index is 0.0589. The first-order chi connectivity index (χ1) is 15.8. The predicted molar refractivity (Wildman–Crippen MR) is 122 cm³/mol. The van der Waals surface area contributed by atoms with E-state index in [0.29, 0.717) is 18.8 Å². The number of rotatable bonds is 7. The van der Waals surface area contributed by atoms with Gasteiger partial charge >= 0.3 is 0 Å². The summed E-state index contributed by atoms with van der Waals surface area (Å²) in [4.78, 5) is 19.5. The van der Waals surface area contributed by atoms with Gasteiger partial charge in [0, 0.05) is 30.1 Å². The lowest BCUT2D eigenvalue weighted by atomic mass is 9.95. The molecule has 0 spiro atoms. The number of benzene rings is 2. The standard InChI is InChI=1S/C26H24N4O2/c1-2-15-32-21-10-6-9-20(16-21)25-22-23(19-7-4-3-5-8-19)28-29-24(22)26(31)30(25)17-18-11-13-27-14-12-18/h3-14,16,25H,2,15,17H2,1H3,(H,28,29). The van der Waals surface area contributed by atoms with Crippen LogP contribution in [0.5, 0.6) is 5.75 Å². The fourth-order valence-corrected chi connectivity index (χ4v) is 4.20. The van der Waals surface area contributed by atoms with E-state index in [1.54, 1.807) is 12.4 Å². The molecule has 1 aliphatic rings. The normalized spacial score (nSPS) is 15.1. The summed E-state index contributed by atoms with van der Waals surface area (Å²) in [6, 6.07) is 21.6. The van der Waals surface area contributed by atoms with Crippen molar-refractivity contribution >= 4 is 5.91 Å². The van der Waals surface area contributed by atoms with Gasteiger partial charge in [0.25, 0.3) is 5.91 Å². The van der Waals surface area contributed by atoms with Crippen LogP contribution in [0, 0.1) is 0 Å². The summed E-state index contributed by atoms with van der Waals surface area (Å²) < 4.78 is 5.88. The van der Waals surface area contributed by atoms with Gasteiger partial charge in [-0.15, -0.1) is 0 Å². The number of H-pyrrole nitrogens is 1. The fourth-order valence-electron chi connectivity index (χ4n) is 4.20. The van der Waals surface area contributed by atoms with E-state index >= 15 is 0 Å². The van der Waals surface area contributed by atoms with Crippen LogP contribution in [-0.4, -0.2) is 32.6 Å². The summed E-state index contributed by atoms with van der Waals surface area (Å²) >= 11 is 0. The molecule has 0 radical (unpaired) electrons. The number of ether oxygens (including phenoxy) is 1. The Morgan fingerprint density at radius 1 is 1.03 bits per heavy atom. The van der Waals surface area contributed by atoms with E-state index in [4.69, 9.17) is 4.74 Å². The second-order valence-electron chi connectivity index (χ2n) is 7.84. The van der Waals surface area contributed by atoms with Crippen molar-refractivity contribution in [3.05, 3.63) is 102 Å². The number of nitrogens with one attached hydrogen (secondary N) is 1. The monoisotopic (exact) mass is 424 g/mol. The Hall–Kier alpha value is -3.93. The van der Waals surface area contributed by atoms with Crippen LogP contribution in [0.25, 0.3) is 11.3 Å². The quantitative estimate of drug-likeness (QED) is 0.453. The molecule has 160 valence electrons. The zero-order valence-electron chi connectivity index (χ0n) is 17.9. The molecule has 1 unspecified atom stereocenters. The zero-order valence-corrected chi connectivity index (χ0v) is 17.9. The van der Waals surface area contributed by atoms with E-state index in [1.807, 2.05) is 71.6 Å². The van der Waals surface area contributed by atoms with E-state index in [-0.39, 0.29) is 11.9 Å². The lowest BCUT2D eigenvalue weighted by Crippen LogP contribution is -2.29. The number of amides is 1. The van der Waals surface area contributed by atoms with Gasteiger partial charge in [0.2, 0.25) is 0 Å². The predicted octanol–water partition coefficient (Wildman–Crippen LogP) is 5.01. The molecule has 3 heterocycles. The third-order valence-electron chi connectivity index (χ3n) is 5.66. The van der Waals surface area contributed by atoms with Crippen molar-refractivity contribution in [3.63, 3.8) is 0 Å². The Labute approximate surface area is 186 Å². The first-order valence-electron chi connectivity index (χ1n) is 10.8. The Bertz CT molecular complexity index is 1220. The van der Waals surface area contributed by atoms with Gasteiger partial charge in [-0.25, -0.2) is 0 Å². The molecule has 0 fully saturated rings. The molecule has 6 nitrogen and oxygen atoms in total. The van der Waals surface area contributed by atoms with Gasteiger partial charge in [-0.2, -0.15) is 5.10 Å². The van der Waals surface area contributed by atoms with Crippen molar-refractivity contribution in [2.75, 3.05) is 6.61 Å². The highest BCUT2D eigenvalue weighted by atomic mass is 16.5. The molecule has 32 heavy (non-hydrogen) atoms. The van der Waals surface area contributed by atoms with Crippen molar-refractivity contribution in [3.8, 4) is 17.0 Å². The van der Waals surface area contributed by atoms with Crippen LogP contribution in [0.15, 0.2) is 79.1 Å². The third-order valence-corrected chi connectivity index (χ3v) is 5.66. The van der Waals surface area contributed by atoms with E-state index in [0.717, 1.165) is 40.1 Å². The number of hydrogen-bond donors (Lipinski definition) is 1. The number of carbonyl (C=O) groups is 1. The summed E-state index contributed by atoms with van der Waals surface area (Å²) in [6.45, 7) is 3.21. The van der Waals surface area contributed by atoms with Crippen molar-refractivity contribution in [1.29, 1.82) is 0 Å². The maximum absolute atomic E-state index is 13.5. The summed E-state index contributed by atoms with van der Waals surface area (Å²) in [5.74, 6) is 0.746. The van der Waals surface area contributed by atoms with Gasteiger partial charge < -0.3 is 9.64 Å². The minimum atomic E-state index is -0.273. The fraction of sp³-hybridized carbons (Fsp3) is 0.192. The van der Waals surface area contributed by atoms with Crippen LogP contribution in [-0.2, 0) is 6.54 Å². The smallest absolute Gasteiger partial charge is 0.273 e. The first-order valence-corrected chi connectivity index (χ1v) is 10.8. The summed E-state index contributed by atoms with van der Waals surface area (Å²) in [6.07, 6.45) is 4.44. The molecule has 0 bridgehead atoms. The Morgan fingerprint density at radius 2 is 1.84 bits per heavy atom. The zero-order chi connectivity index (χ0) is 21.9. The lowest BCUT2D eigenvalue weighted by molar-refractivity contribution is 0.0729. The summed E-state index contributed by atoms with van der Waals surface area (Å²) in [5, 5.41) is 7.55. The highest BCUT2D eigenvalue weighted by molar-refractivity contribution is 6.00. The number of hydrogen-bond acceptors (Lipinski definition) is 4.